The van der Waals surface area contributed by atoms with Crippen molar-refractivity contribution in [1.82, 2.24) is 9.80 Å². The second kappa shape index (κ2) is 5.14. The Morgan fingerprint density at radius 3 is 2.33 bits per heavy atom. The standard InChI is InChI=1S/C11H20N2O2/c1-4-9-11(15)12(5-2)8-7-10(14)13(9)6-3/h9H,4-8H2,1-3H3/t9-/m0/s1. The molecule has 1 heterocycles. The Bertz CT molecular complexity index is 253. The minimum absolute atomic E-state index is 0.104. The molecule has 0 aliphatic carbocycles. The van der Waals surface area contributed by atoms with Crippen LogP contribution in [-0.4, -0.2) is 47.3 Å². The van der Waals surface area contributed by atoms with E-state index in [1.807, 2.05) is 20.8 Å². The first-order valence-corrected chi connectivity index (χ1v) is 5.73. The Hall–Kier alpha value is -1.06. The molecule has 4 heteroatoms. The Balaban J connectivity index is 2.91. The summed E-state index contributed by atoms with van der Waals surface area (Å²) >= 11 is 0. The zero-order valence-electron chi connectivity index (χ0n) is 9.82. The van der Waals surface area contributed by atoms with Gasteiger partial charge in [-0.1, -0.05) is 6.92 Å². The van der Waals surface area contributed by atoms with E-state index in [0.717, 1.165) is 0 Å². The molecule has 1 aliphatic heterocycles. The molecule has 4 nitrogen and oxygen atoms in total. The molecule has 2 amide bonds. The van der Waals surface area contributed by atoms with Gasteiger partial charge < -0.3 is 9.80 Å². The largest absolute Gasteiger partial charge is 0.341 e. The van der Waals surface area contributed by atoms with Gasteiger partial charge in [-0.15, -0.1) is 0 Å². The third kappa shape index (κ3) is 2.30. The third-order valence-corrected chi connectivity index (χ3v) is 3.00. The normalized spacial score (nSPS) is 23.3. The van der Waals surface area contributed by atoms with Gasteiger partial charge in [-0.05, 0) is 20.3 Å². The van der Waals surface area contributed by atoms with Crippen molar-refractivity contribution in [1.29, 1.82) is 0 Å². The predicted octanol–water partition coefficient (Wildman–Crippen LogP) is 0.866. The molecule has 15 heavy (non-hydrogen) atoms. The van der Waals surface area contributed by atoms with E-state index < -0.39 is 0 Å². The topological polar surface area (TPSA) is 40.6 Å². The molecule has 86 valence electrons. The zero-order chi connectivity index (χ0) is 11.4. The predicted molar refractivity (Wildman–Crippen MR) is 58.3 cm³/mol. The molecule has 1 aliphatic rings. The molecule has 0 aromatic rings. The Kier molecular flexibility index (Phi) is 4.12. The highest BCUT2D eigenvalue weighted by Gasteiger charge is 2.33. The van der Waals surface area contributed by atoms with E-state index in [9.17, 15) is 9.59 Å². The van der Waals surface area contributed by atoms with E-state index in [2.05, 4.69) is 0 Å². The fourth-order valence-electron chi connectivity index (χ4n) is 2.11. The van der Waals surface area contributed by atoms with Gasteiger partial charge in [0.25, 0.3) is 0 Å². The van der Waals surface area contributed by atoms with Crippen molar-refractivity contribution in [3.05, 3.63) is 0 Å². The van der Waals surface area contributed by atoms with Crippen LogP contribution in [0.15, 0.2) is 0 Å². The van der Waals surface area contributed by atoms with Gasteiger partial charge >= 0.3 is 0 Å². The second-order valence-electron chi connectivity index (χ2n) is 3.77. The maximum Gasteiger partial charge on any atom is 0.245 e. The summed E-state index contributed by atoms with van der Waals surface area (Å²) < 4.78 is 0. The summed E-state index contributed by atoms with van der Waals surface area (Å²) in [5.41, 5.74) is 0. The highest BCUT2D eigenvalue weighted by molar-refractivity contribution is 5.89. The minimum atomic E-state index is -0.245. The molecule has 0 spiro atoms. The minimum Gasteiger partial charge on any atom is -0.341 e. The van der Waals surface area contributed by atoms with Crippen LogP contribution in [0.4, 0.5) is 0 Å². The first-order valence-electron chi connectivity index (χ1n) is 5.73. The highest BCUT2D eigenvalue weighted by atomic mass is 16.2. The molecule has 0 aromatic heterocycles. The van der Waals surface area contributed by atoms with E-state index in [1.165, 1.54) is 0 Å². The molecular weight excluding hydrogens is 192 g/mol. The number of rotatable bonds is 3. The van der Waals surface area contributed by atoms with E-state index in [4.69, 9.17) is 0 Å². The number of nitrogens with zero attached hydrogens (tertiary/aromatic N) is 2. The lowest BCUT2D eigenvalue weighted by molar-refractivity contribution is -0.141. The summed E-state index contributed by atoms with van der Waals surface area (Å²) in [7, 11) is 0. The van der Waals surface area contributed by atoms with Crippen molar-refractivity contribution < 1.29 is 9.59 Å². The Morgan fingerprint density at radius 2 is 1.87 bits per heavy atom. The molecular formula is C11H20N2O2. The van der Waals surface area contributed by atoms with Crippen LogP contribution in [0.2, 0.25) is 0 Å². The molecule has 1 fully saturated rings. The maximum atomic E-state index is 12.1. The number of carbonyl (C=O) groups is 2. The zero-order valence-corrected chi connectivity index (χ0v) is 9.82. The Morgan fingerprint density at radius 1 is 1.20 bits per heavy atom. The summed E-state index contributed by atoms with van der Waals surface area (Å²) in [5, 5.41) is 0. The SMILES string of the molecule is CC[C@H]1C(=O)N(CC)CCC(=O)N1CC. The lowest BCUT2D eigenvalue weighted by Crippen LogP contribution is -2.46. The van der Waals surface area contributed by atoms with E-state index in [0.29, 0.717) is 32.5 Å². The van der Waals surface area contributed by atoms with Crippen LogP contribution < -0.4 is 0 Å². The summed E-state index contributed by atoms with van der Waals surface area (Å²) in [4.78, 5) is 27.3. The lowest BCUT2D eigenvalue weighted by Gasteiger charge is -2.28. The van der Waals surface area contributed by atoms with Gasteiger partial charge in [0.2, 0.25) is 11.8 Å². The molecule has 0 bridgehead atoms. The first-order chi connectivity index (χ1) is 7.15. The van der Waals surface area contributed by atoms with Crippen molar-refractivity contribution in [3.8, 4) is 0 Å². The summed E-state index contributed by atoms with van der Waals surface area (Å²) in [6, 6.07) is -0.245. The van der Waals surface area contributed by atoms with E-state index in [1.54, 1.807) is 9.80 Å². The number of hydrogen-bond acceptors (Lipinski definition) is 2. The molecule has 0 saturated carbocycles. The van der Waals surface area contributed by atoms with Crippen LogP contribution in [0.5, 0.6) is 0 Å². The molecule has 0 N–H and O–H groups in total. The summed E-state index contributed by atoms with van der Waals surface area (Å²) in [6.07, 6.45) is 1.17. The third-order valence-electron chi connectivity index (χ3n) is 3.00. The monoisotopic (exact) mass is 212 g/mol. The Labute approximate surface area is 91.2 Å². The van der Waals surface area contributed by atoms with Gasteiger partial charge in [-0.25, -0.2) is 0 Å². The average molecular weight is 212 g/mol. The van der Waals surface area contributed by atoms with Crippen LogP contribution in [-0.2, 0) is 9.59 Å². The van der Waals surface area contributed by atoms with Crippen molar-refractivity contribution in [3.63, 3.8) is 0 Å². The van der Waals surface area contributed by atoms with Crippen molar-refractivity contribution in [2.45, 2.75) is 39.7 Å². The van der Waals surface area contributed by atoms with Crippen LogP contribution in [0.25, 0.3) is 0 Å². The lowest BCUT2D eigenvalue weighted by atomic mass is 10.1. The van der Waals surface area contributed by atoms with Crippen LogP contribution >= 0.6 is 0 Å². The molecule has 1 saturated heterocycles. The molecule has 0 unspecified atom stereocenters. The summed E-state index contributed by atoms with van der Waals surface area (Å²) in [6.45, 7) is 7.73. The summed E-state index contributed by atoms with van der Waals surface area (Å²) in [5.74, 6) is 0.210. The number of carbonyl (C=O) groups excluding carboxylic acids is 2. The second-order valence-corrected chi connectivity index (χ2v) is 3.77. The number of likely N-dealkylation sites (N-methyl/N-ethyl adjacent to an activating group) is 2. The molecule has 1 atom stereocenters. The van der Waals surface area contributed by atoms with Crippen LogP contribution in [0.1, 0.15) is 33.6 Å². The quantitative estimate of drug-likeness (QED) is 0.696. The highest BCUT2D eigenvalue weighted by Crippen LogP contribution is 2.14. The van der Waals surface area contributed by atoms with Gasteiger partial charge in [-0.3, -0.25) is 9.59 Å². The fraction of sp³-hybridized carbons (Fsp3) is 0.818. The van der Waals surface area contributed by atoms with Gasteiger partial charge in [0.1, 0.15) is 6.04 Å². The van der Waals surface area contributed by atoms with Gasteiger partial charge in [-0.2, -0.15) is 0 Å². The fourth-order valence-corrected chi connectivity index (χ4v) is 2.11. The molecule has 0 aromatic carbocycles. The van der Waals surface area contributed by atoms with Crippen LogP contribution in [0, 0.1) is 0 Å². The van der Waals surface area contributed by atoms with Gasteiger partial charge in [0.05, 0.1) is 0 Å². The van der Waals surface area contributed by atoms with Crippen molar-refractivity contribution in [2.24, 2.45) is 0 Å². The molecule has 1 rings (SSSR count). The smallest absolute Gasteiger partial charge is 0.245 e. The maximum absolute atomic E-state index is 12.1. The van der Waals surface area contributed by atoms with Gasteiger partial charge in [0.15, 0.2) is 0 Å². The van der Waals surface area contributed by atoms with E-state index >= 15 is 0 Å². The molecule has 0 radical (unpaired) electrons. The van der Waals surface area contributed by atoms with Crippen LogP contribution in [0.3, 0.4) is 0 Å². The van der Waals surface area contributed by atoms with E-state index in [-0.39, 0.29) is 17.9 Å². The van der Waals surface area contributed by atoms with Crippen molar-refractivity contribution >= 4 is 11.8 Å². The number of amides is 2. The van der Waals surface area contributed by atoms with Gasteiger partial charge in [0, 0.05) is 26.1 Å². The average Bonchev–Trinajstić information content (AvgIpc) is 2.36. The first kappa shape index (κ1) is 12.0. The number of hydrogen-bond donors (Lipinski definition) is 0. The van der Waals surface area contributed by atoms with Crippen molar-refractivity contribution in [2.75, 3.05) is 19.6 Å².